The van der Waals surface area contributed by atoms with Gasteiger partial charge in [-0.2, -0.15) is 0 Å². The van der Waals surface area contributed by atoms with E-state index in [-0.39, 0.29) is 11.2 Å². The number of carbonyl (C=O) groups excluding carboxylic acids is 1. The van der Waals surface area contributed by atoms with Crippen molar-refractivity contribution >= 4 is 28.7 Å². The molecule has 0 aliphatic heterocycles. The molecule has 2 aromatic carbocycles. The van der Waals surface area contributed by atoms with E-state index in [1.807, 2.05) is 73.3 Å². The molecule has 0 radical (unpaired) electrons. The van der Waals surface area contributed by atoms with Gasteiger partial charge in [0.25, 0.3) is 0 Å². The summed E-state index contributed by atoms with van der Waals surface area (Å²) in [6.07, 6.45) is 0. The van der Waals surface area contributed by atoms with Crippen molar-refractivity contribution in [1.29, 1.82) is 0 Å². The number of hydrogen-bond acceptors (Lipinski definition) is 3. The van der Waals surface area contributed by atoms with Crippen LogP contribution in [0.25, 0.3) is 11.0 Å². The number of benzene rings is 2. The van der Waals surface area contributed by atoms with Crippen molar-refractivity contribution in [3.63, 3.8) is 0 Å². The van der Waals surface area contributed by atoms with Crippen LogP contribution in [0.4, 0.5) is 0 Å². The smallest absolute Gasteiger partial charge is 0.236 e. The zero-order valence-electron chi connectivity index (χ0n) is 13.9. The highest BCUT2D eigenvalue weighted by atomic mass is 32.2. The highest BCUT2D eigenvalue weighted by molar-refractivity contribution is 8.00. The molecule has 124 valence electrons. The largest absolute Gasteiger partial charge is 0.338 e. The summed E-state index contributed by atoms with van der Waals surface area (Å²) in [5.74, 6) is 0.131. The number of nitrogens with zero attached hydrogens (tertiary/aromatic N) is 2. The Hall–Kier alpha value is -2.27. The van der Waals surface area contributed by atoms with Crippen LogP contribution in [0.5, 0.6) is 0 Å². The zero-order chi connectivity index (χ0) is 16.9. The van der Waals surface area contributed by atoms with Gasteiger partial charge in [0.2, 0.25) is 5.91 Å². The molecule has 1 N–H and O–H groups in total. The highest BCUT2D eigenvalue weighted by Gasteiger charge is 2.21. The molecule has 0 saturated carbocycles. The average molecular weight is 339 g/mol. The summed E-state index contributed by atoms with van der Waals surface area (Å²) >= 11 is 1.47. The summed E-state index contributed by atoms with van der Waals surface area (Å²) in [5.41, 5.74) is 3.07. The average Bonchev–Trinajstić information content (AvgIpc) is 3.02. The minimum Gasteiger partial charge on any atom is -0.338 e. The molecule has 4 nitrogen and oxygen atoms in total. The van der Waals surface area contributed by atoms with Gasteiger partial charge in [-0.25, -0.2) is 4.98 Å². The summed E-state index contributed by atoms with van der Waals surface area (Å²) in [6, 6.07) is 18.0. The Morgan fingerprint density at radius 3 is 2.58 bits per heavy atom. The number of imidazole rings is 1. The molecule has 1 unspecified atom stereocenters. The maximum Gasteiger partial charge on any atom is 0.236 e. The number of nitrogens with one attached hydrogen (secondary N) is 1. The molecule has 3 rings (SSSR count). The van der Waals surface area contributed by atoms with Gasteiger partial charge in [0.1, 0.15) is 0 Å². The number of carbonyl (C=O) groups is 1. The van der Waals surface area contributed by atoms with Crippen LogP contribution >= 0.6 is 11.8 Å². The SMILES string of the molecule is CCN(Cc1ccccc1)C(=O)C(C)Sc1nc2ccccc2[nH]1. The quantitative estimate of drug-likeness (QED) is 0.688. The summed E-state index contributed by atoms with van der Waals surface area (Å²) in [4.78, 5) is 22.5. The van der Waals surface area contributed by atoms with Crippen LogP contribution in [-0.2, 0) is 11.3 Å². The fraction of sp³-hybridized carbons (Fsp3) is 0.263. The molecule has 0 aliphatic carbocycles. The number of H-pyrrole nitrogens is 1. The van der Waals surface area contributed by atoms with E-state index >= 15 is 0 Å². The first-order valence-electron chi connectivity index (χ1n) is 8.11. The normalized spacial score (nSPS) is 12.2. The van der Waals surface area contributed by atoms with Crippen LogP contribution in [0.1, 0.15) is 19.4 Å². The van der Waals surface area contributed by atoms with Gasteiger partial charge in [-0.3, -0.25) is 4.79 Å². The first-order chi connectivity index (χ1) is 11.7. The molecule has 0 bridgehead atoms. The van der Waals surface area contributed by atoms with Gasteiger partial charge in [-0.05, 0) is 31.5 Å². The lowest BCUT2D eigenvalue weighted by Crippen LogP contribution is -2.36. The van der Waals surface area contributed by atoms with Gasteiger partial charge in [0.05, 0.1) is 16.3 Å². The molecule has 0 spiro atoms. The lowest BCUT2D eigenvalue weighted by Gasteiger charge is -2.24. The second kappa shape index (κ2) is 7.53. The molecule has 1 heterocycles. The minimum atomic E-state index is -0.186. The van der Waals surface area contributed by atoms with Crippen molar-refractivity contribution in [3.05, 3.63) is 60.2 Å². The highest BCUT2D eigenvalue weighted by Crippen LogP contribution is 2.24. The predicted octanol–water partition coefficient (Wildman–Crippen LogP) is 4.09. The molecular formula is C19H21N3OS. The first kappa shape index (κ1) is 16.6. The van der Waals surface area contributed by atoms with Crippen LogP contribution in [-0.4, -0.2) is 32.6 Å². The van der Waals surface area contributed by atoms with E-state index in [1.54, 1.807) is 0 Å². The van der Waals surface area contributed by atoms with Crippen LogP contribution in [0, 0.1) is 0 Å². The number of aromatic amines is 1. The van der Waals surface area contributed by atoms with E-state index in [4.69, 9.17) is 0 Å². The van der Waals surface area contributed by atoms with Crippen molar-refractivity contribution in [3.8, 4) is 0 Å². The lowest BCUT2D eigenvalue weighted by atomic mass is 10.2. The predicted molar refractivity (Wildman–Crippen MR) is 98.9 cm³/mol. The molecule has 5 heteroatoms. The number of aromatic nitrogens is 2. The number of hydrogen-bond donors (Lipinski definition) is 1. The molecule has 0 saturated heterocycles. The van der Waals surface area contributed by atoms with E-state index in [1.165, 1.54) is 11.8 Å². The molecule has 24 heavy (non-hydrogen) atoms. The molecule has 3 aromatic rings. The monoisotopic (exact) mass is 339 g/mol. The molecule has 0 fully saturated rings. The fourth-order valence-corrected chi connectivity index (χ4v) is 3.51. The lowest BCUT2D eigenvalue weighted by molar-refractivity contribution is -0.130. The molecule has 0 aliphatic rings. The maximum absolute atomic E-state index is 12.8. The van der Waals surface area contributed by atoms with Gasteiger partial charge in [0, 0.05) is 13.1 Å². The van der Waals surface area contributed by atoms with Crippen molar-refractivity contribution in [2.45, 2.75) is 30.8 Å². The Morgan fingerprint density at radius 2 is 1.88 bits per heavy atom. The van der Waals surface area contributed by atoms with Crippen molar-refractivity contribution in [2.24, 2.45) is 0 Å². The second-order valence-electron chi connectivity index (χ2n) is 5.66. The molecule has 1 atom stereocenters. The third-order valence-electron chi connectivity index (χ3n) is 3.91. The van der Waals surface area contributed by atoms with Crippen LogP contribution in [0.15, 0.2) is 59.8 Å². The van der Waals surface area contributed by atoms with Gasteiger partial charge in [-0.1, -0.05) is 54.2 Å². The minimum absolute atomic E-state index is 0.131. The summed E-state index contributed by atoms with van der Waals surface area (Å²) < 4.78 is 0. The van der Waals surface area contributed by atoms with Crippen LogP contribution < -0.4 is 0 Å². The van der Waals surface area contributed by atoms with Gasteiger partial charge in [0.15, 0.2) is 5.16 Å². The Labute approximate surface area is 146 Å². The van der Waals surface area contributed by atoms with E-state index in [9.17, 15) is 4.79 Å². The second-order valence-corrected chi connectivity index (χ2v) is 6.99. The Kier molecular flexibility index (Phi) is 5.20. The standard InChI is InChI=1S/C19H21N3OS/c1-3-22(13-15-9-5-4-6-10-15)18(23)14(2)24-19-20-16-11-7-8-12-17(16)21-19/h4-12,14H,3,13H2,1-2H3,(H,20,21). The van der Waals surface area contributed by atoms with Crippen molar-refractivity contribution in [2.75, 3.05) is 6.54 Å². The number of thioether (sulfide) groups is 1. The van der Waals surface area contributed by atoms with E-state index < -0.39 is 0 Å². The van der Waals surface area contributed by atoms with Crippen molar-refractivity contribution in [1.82, 2.24) is 14.9 Å². The first-order valence-corrected chi connectivity index (χ1v) is 8.99. The third kappa shape index (κ3) is 3.79. The van der Waals surface area contributed by atoms with E-state index in [0.29, 0.717) is 13.1 Å². The fourth-order valence-electron chi connectivity index (χ4n) is 2.61. The third-order valence-corrected chi connectivity index (χ3v) is 4.89. The Morgan fingerprint density at radius 1 is 1.17 bits per heavy atom. The van der Waals surface area contributed by atoms with Crippen LogP contribution in [0.2, 0.25) is 0 Å². The number of para-hydroxylation sites is 2. The van der Waals surface area contributed by atoms with Crippen LogP contribution in [0.3, 0.4) is 0 Å². The number of amides is 1. The summed E-state index contributed by atoms with van der Waals surface area (Å²) in [7, 11) is 0. The number of rotatable bonds is 6. The zero-order valence-corrected chi connectivity index (χ0v) is 14.7. The molecule has 1 amide bonds. The number of fused-ring (bicyclic) bond motifs is 1. The summed E-state index contributed by atoms with van der Waals surface area (Å²) in [5, 5.41) is 0.599. The van der Waals surface area contributed by atoms with Crippen molar-refractivity contribution < 1.29 is 4.79 Å². The van der Waals surface area contributed by atoms with Gasteiger partial charge < -0.3 is 9.88 Å². The Balaban J connectivity index is 1.68. The molecule has 1 aromatic heterocycles. The van der Waals surface area contributed by atoms with E-state index in [2.05, 4.69) is 9.97 Å². The van der Waals surface area contributed by atoms with Gasteiger partial charge in [-0.15, -0.1) is 0 Å². The summed E-state index contributed by atoms with van der Waals surface area (Å²) in [6.45, 7) is 5.28. The molecular weight excluding hydrogens is 318 g/mol. The van der Waals surface area contributed by atoms with Gasteiger partial charge >= 0.3 is 0 Å². The maximum atomic E-state index is 12.8. The van der Waals surface area contributed by atoms with E-state index in [0.717, 1.165) is 21.8 Å². The topological polar surface area (TPSA) is 49.0 Å². The Bertz CT molecular complexity index is 783.